The van der Waals surface area contributed by atoms with E-state index >= 15 is 0 Å². The SMILES string of the molecule is CN=C(N)N=C(C)OCc1ccccc1. The van der Waals surface area contributed by atoms with E-state index in [1.807, 2.05) is 30.3 Å². The van der Waals surface area contributed by atoms with E-state index in [-0.39, 0.29) is 5.96 Å². The van der Waals surface area contributed by atoms with E-state index in [0.29, 0.717) is 12.5 Å². The second-order valence-electron chi connectivity index (χ2n) is 2.99. The first-order chi connectivity index (χ1) is 7.22. The second-order valence-corrected chi connectivity index (χ2v) is 2.99. The van der Waals surface area contributed by atoms with Crippen molar-refractivity contribution in [1.82, 2.24) is 0 Å². The molecule has 15 heavy (non-hydrogen) atoms. The molecule has 0 amide bonds. The Hall–Kier alpha value is -1.84. The monoisotopic (exact) mass is 205 g/mol. The van der Waals surface area contributed by atoms with E-state index in [1.54, 1.807) is 14.0 Å². The van der Waals surface area contributed by atoms with Crippen LogP contribution in [0.1, 0.15) is 12.5 Å². The summed E-state index contributed by atoms with van der Waals surface area (Å²) in [6.07, 6.45) is 0. The number of hydrogen-bond donors (Lipinski definition) is 1. The van der Waals surface area contributed by atoms with Gasteiger partial charge < -0.3 is 10.5 Å². The highest BCUT2D eigenvalue weighted by Gasteiger charge is 1.95. The van der Waals surface area contributed by atoms with Crippen molar-refractivity contribution in [2.24, 2.45) is 15.7 Å². The van der Waals surface area contributed by atoms with Crippen LogP contribution in [0.2, 0.25) is 0 Å². The fraction of sp³-hybridized carbons (Fsp3) is 0.273. The lowest BCUT2D eigenvalue weighted by Gasteiger charge is -2.04. The first kappa shape index (κ1) is 11.2. The average molecular weight is 205 g/mol. The zero-order valence-electron chi connectivity index (χ0n) is 8.97. The Morgan fingerprint density at radius 2 is 2.00 bits per heavy atom. The minimum atomic E-state index is 0.223. The molecule has 0 aromatic heterocycles. The summed E-state index contributed by atoms with van der Waals surface area (Å²) in [5.41, 5.74) is 6.52. The van der Waals surface area contributed by atoms with Crippen molar-refractivity contribution in [2.45, 2.75) is 13.5 Å². The largest absolute Gasteiger partial charge is 0.476 e. The molecule has 1 aromatic rings. The van der Waals surface area contributed by atoms with Gasteiger partial charge in [0.15, 0.2) is 5.90 Å². The van der Waals surface area contributed by atoms with Gasteiger partial charge >= 0.3 is 0 Å². The van der Waals surface area contributed by atoms with Crippen LogP contribution in [0.5, 0.6) is 0 Å². The number of rotatable bonds is 2. The van der Waals surface area contributed by atoms with Gasteiger partial charge in [0.2, 0.25) is 5.96 Å². The minimum Gasteiger partial charge on any atom is -0.476 e. The van der Waals surface area contributed by atoms with Crippen molar-refractivity contribution < 1.29 is 4.74 Å². The predicted molar refractivity (Wildman–Crippen MR) is 61.9 cm³/mol. The van der Waals surface area contributed by atoms with Crippen LogP contribution in [0, 0.1) is 0 Å². The highest BCUT2D eigenvalue weighted by molar-refractivity contribution is 5.91. The van der Waals surface area contributed by atoms with Gasteiger partial charge in [-0.2, -0.15) is 4.99 Å². The van der Waals surface area contributed by atoms with Gasteiger partial charge in [-0.25, -0.2) is 0 Å². The van der Waals surface area contributed by atoms with Crippen LogP contribution < -0.4 is 5.73 Å². The molecular formula is C11H15N3O. The van der Waals surface area contributed by atoms with Crippen LogP contribution in [0.25, 0.3) is 0 Å². The number of benzene rings is 1. The summed E-state index contributed by atoms with van der Waals surface area (Å²) in [5, 5.41) is 0. The number of guanidine groups is 1. The van der Waals surface area contributed by atoms with E-state index < -0.39 is 0 Å². The van der Waals surface area contributed by atoms with Gasteiger partial charge in [-0.15, -0.1) is 0 Å². The van der Waals surface area contributed by atoms with Gasteiger partial charge in [0.05, 0.1) is 0 Å². The molecule has 80 valence electrons. The van der Waals surface area contributed by atoms with Crippen molar-refractivity contribution in [3.8, 4) is 0 Å². The number of aliphatic imine (C=N–C) groups is 2. The number of ether oxygens (including phenoxy) is 1. The van der Waals surface area contributed by atoms with Crippen LogP contribution in [0.15, 0.2) is 40.3 Å². The van der Waals surface area contributed by atoms with Crippen LogP contribution in [0.4, 0.5) is 0 Å². The maximum Gasteiger partial charge on any atom is 0.218 e. The standard InChI is InChI=1S/C11H15N3O/c1-9(14-11(12)13-2)15-8-10-6-4-3-5-7-10/h3-7H,8H2,1-2H3,(H2,12,13). The summed E-state index contributed by atoms with van der Waals surface area (Å²) in [6, 6.07) is 9.88. The van der Waals surface area contributed by atoms with E-state index in [9.17, 15) is 0 Å². The number of nitrogens with zero attached hydrogens (tertiary/aromatic N) is 2. The Kier molecular flexibility index (Phi) is 4.34. The maximum absolute atomic E-state index is 5.43. The number of nitrogens with two attached hydrogens (primary N) is 1. The average Bonchev–Trinajstić information content (AvgIpc) is 2.27. The molecule has 0 spiro atoms. The third kappa shape index (κ3) is 4.26. The molecule has 0 fully saturated rings. The minimum absolute atomic E-state index is 0.223. The fourth-order valence-electron chi connectivity index (χ4n) is 1.01. The molecular weight excluding hydrogens is 190 g/mol. The molecule has 1 rings (SSSR count). The van der Waals surface area contributed by atoms with E-state index in [0.717, 1.165) is 5.56 Å². The first-order valence-electron chi connectivity index (χ1n) is 4.66. The Bertz CT molecular complexity index is 357. The van der Waals surface area contributed by atoms with Gasteiger partial charge in [-0.05, 0) is 5.56 Å². The maximum atomic E-state index is 5.43. The Balaban J connectivity index is 2.48. The Morgan fingerprint density at radius 1 is 1.33 bits per heavy atom. The van der Waals surface area contributed by atoms with Crippen LogP contribution in [0.3, 0.4) is 0 Å². The van der Waals surface area contributed by atoms with Crippen LogP contribution in [-0.2, 0) is 11.3 Å². The molecule has 0 aliphatic carbocycles. The summed E-state index contributed by atoms with van der Waals surface area (Å²) in [7, 11) is 1.59. The third-order valence-electron chi connectivity index (χ3n) is 1.79. The molecule has 0 aliphatic rings. The number of hydrogen-bond acceptors (Lipinski definition) is 2. The Labute approximate surface area is 89.5 Å². The van der Waals surface area contributed by atoms with Crippen LogP contribution >= 0.6 is 0 Å². The van der Waals surface area contributed by atoms with Gasteiger partial charge in [0.1, 0.15) is 6.61 Å². The van der Waals surface area contributed by atoms with Gasteiger partial charge in [0, 0.05) is 14.0 Å². The second kappa shape index (κ2) is 5.80. The highest BCUT2D eigenvalue weighted by Crippen LogP contribution is 2.00. The molecule has 2 N–H and O–H groups in total. The highest BCUT2D eigenvalue weighted by atomic mass is 16.5. The molecule has 0 atom stereocenters. The molecule has 0 saturated heterocycles. The fourth-order valence-corrected chi connectivity index (χ4v) is 1.01. The van der Waals surface area contributed by atoms with Crippen molar-refractivity contribution in [3.05, 3.63) is 35.9 Å². The topological polar surface area (TPSA) is 60.0 Å². The molecule has 4 heteroatoms. The first-order valence-corrected chi connectivity index (χ1v) is 4.66. The summed E-state index contributed by atoms with van der Waals surface area (Å²) >= 11 is 0. The summed E-state index contributed by atoms with van der Waals surface area (Å²) < 4.78 is 5.39. The van der Waals surface area contributed by atoms with E-state index in [2.05, 4.69) is 9.98 Å². The zero-order valence-corrected chi connectivity index (χ0v) is 8.97. The van der Waals surface area contributed by atoms with Crippen molar-refractivity contribution >= 4 is 11.9 Å². The quantitative estimate of drug-likeness (QED) is 0.588. The molecule has 0 unspecified atom stereocenters. The lowest BCUT2D eigenvalue weighted by atomic mass is 10.2. The van der Waals surface area contributed by atoms with Gasteiger partial charge in [-0.3, -0.25) is 4.99 Å². The molecule has 0 heterocycles. The molecule has 0 bridgehead atoms. The molecule has 0 radical (unpaired) electrons. The van der Waals surface area contributed by atoms with E-state index in [4.69, 9.17) is 10.5 Å². The van der Waals surface area contributed by atoms with Crippen molar-refractivity contribution in [3.63, 3.8) is 0 Å². The van der Waals surface area contributed by atoms with Crippen LogP contribution in [-0.4, -0.2) is 18.9 Å². The summed E-state index contributed by atoms with van der Waals surface area (Å²) in [5.74, 6) is 0.738. The summed E-state index contributed by atoms with van der Waals surface area (Å²) in [6.45, 7) is 2.24. The molecule has 0 aliphatic heterocycles. The Morgan fingerprint density at radius 3 is 2.60 bits per heavy atom. The van der Waals surface area contributed by atoms with E-state index in [1.165, 1.54) is 0 Å². The normalized spacial score (nSPS) is 12.7. The molecule has 4 nitrogen and oxygen atoms in total. The lowest BCUT2D eigenvalue weighted by Crippen LogP contribution is -2.12. The molecule has 0 saturated carbocycles. The third-order valence-corrected chi connectivity index (χ3v) is 1.79. The zero-order chi connectivity index (χ0) is 11.1. The lowest BCUT2D eigenvalue weighted by molar-refractivity contribution is 0.290. The smallest absolute Gasteiger partial charge is 0.218 e. The predicted octanol–water partition coefficient (Wildman–Crippen LogP) is 1.57. The summed E-state index contributed by atoms with van der Waals surface area (Å²) in [4.78, 5) is 7.64. The van der Waals surface area contributed by atoms with Gasteiger partial charge in [-0.1, -0.05) is 30.3 Å². The van der Waals surface area contributed by atoms with Crippen molar-refractivity contribution in [2.75, 3.05) is 7.05 Å². The van der Waals surface area contributed by atoms with Gasteiger partial charge in [0.25, 0.3) is 0 Å². The molecule has 1 aromatic carbocycles. The van der Waals surface area contributed by atoms with Crippen molar-refractivity contribution in [1.29, 1.82) is 0 Å².